The number of aliphatic hydroxyl groups excluding tert-OH is 2. The van der Waals surface area contributed by atoms with Crippen LogP contribution >= 0.6 is 11.8 Å². The van der Waals surface area contributed by atoms with Gasteiger partial charge in [0.1, 0.15) is 11.5 Å². The molecule has 0 aromatic heterocycles. The van der Waals surface area contributed by atoms with Crippen LogP contribution in [0.3, 0.4) is 0 Å². The highest BCUT2D eigenvalue weighted by atomic mass is 32.2. The van der Waals surface area contributed by atoms with Gasteiger partial charge in [-0.2, -0.15) is 11.8 Å². The van der Waals surface area contributed by atoms with Gasteiger partial charge < -0.3 is 30.3 Å². The molecule has 0 unspecified atom stereocenters. The van der Waals surface area contributed by atoms with Crippen molar-refractivity contribution < 1.29 is 19.7 Å². The molecule has 0 aliphatic carbocycles. The summed E-state index contributed by atoms with van der Waals surface area (Å²) in [5, 5.41) is 26.7. The van der Waals surface area contributed by atoms with E-state index in [1.165, 1.54) is 11.8 Å². The smallest absolute Gasteiger partial charge is 0.119 e. The summed E-state index contributed by atoms with van der Waals surface area (Å²) in [4.78, 5) is 0. The molecule has 2 aromatic rings. The van der Waals surface area contributed by atoms with Gasteiger partial charge in [-0.3, -0.25) is 0 Å². The number of hydrogen-bond donors (Lipinski definition) is 4. The molecule has 6 nitrogen and oxygen atoms in total. The molecule has 0 aliphatic heterocycles. The number of ether oxygens (including phenoxy) is 2. The van der Waals surface area contributed by atoms with Crippen molar-refractivity contribution in [3.05, 3.63) is 48.5 Å². The lowest BCUT2D eigenvalue weighted by Gasteiger charge is -2.16. The van der Waals surface area contributed by atoms with Crippen molar-refractivity contribution in [2.24, 2.45) is 0 Å². The molecule has 7 heteroatoms. The van der Waals surface area contributed by atoms with Crippen molar-refractivity contribution in [1.29, 1.82) is 0 Å². The molecule has 0 radical (unpaired) electrons. The number of hydrogen-bond acceptors (Lipinski definition) is 7. The molecule has 0 saturated carbocycles. The molecule has 4 N–H and O–H groups in total. The van der Waals surface area contributed by atoms with E-state index in [-0.39, 0.29) is 0 Å². The average molecular weight is 421 g/mol. The van der Waals surface area contributed by atoms with E-state index in [0.717, 1.165) is 22.9 Å². The lowest BCUT2D eigenvalue weighted by molar-refractivity contribution is 0.207. The zero-order chi connectivity index (χ0) is 20.9. The molecule has 0 fully saturated rings. The first-order valence-corrected chi connectivity index (χ1v) is 11.1. The number of nitrogens with one attached hydrogen (secondary N) is 2. The zero-order valence-electron chi connectivity index (χ0n) is 17.1. The molecular formula is C22H32N2O4S. The molecule has 2 atom stereocenters. The van der Waals surface area contributed by atoms with Gasteiger partial charge in [0.25, 0.3) is 0 Å². The van der Waals surface area contributed by atoms with Gasteiger partial charge in [-0.15, -0.1) is 0 Å². The Balaban J connectivity index is 1.58. The Morgan fingerprint density at radius 2 is 1.10 bits per heavy atom. The minimum Gasteiger partial charge on any atom is -0.494 e. The zero-order valence-corrected chi connectivity index (χ0v) is 18.0. The highest BCUT2D eigenvalue weighted by Gasteiger charge is 2.08. The van der Waals surface area contributed by atoms with Crippen LogP contribution in [0.5, 0.6) is 11.5 Å². The van der Waals surface area contributed by atoms with E-state index in [9.17, 15) is 10.2 Å². The van der Waals surface area contributed by atoms with Crippen molar-refractivity contribution >= 4 is 23.1 Å². The lowest BCUT2D eigenvalue weighted by Crippen LogP contribution is -2.25. The number of benzene rings is 2. The topological polar surface area (TPSA) is 83.0 Å². The molecule has 2 rings (SSSR count). The van der Waals surface area contributed by atoms with E-state index in [4.69, 9.17) is 9.47 Å². The van der Waals surface area contributed by atoms with Gasteiger partial charge in [0.15, 0.2) is 0 Å². The molecule has 0 bridgehead atoms. The summed E-state index contributed by atoms with van der Waals surface area (Å²) in [5.74, 6) is 2.79. The summed E-state index contributed by atoms with van der Waals surface area (Å²) >= 11 is 1.54. The van der Waals surface area contributed by atoms with Gasteiger partial charge in [0.2, 0.25) is 0 Å². The maximum atomic E-state index is 10.1. The first-order chi connectivity index (χ1) is 14.1. The standard InChI is InChI=1S/C22H32N2O4S/c1-3-27-21-9-5-17(6-10-21)23-13-19(25)15-29-16-20(26)14-24-18-7-11-22(12-8-18)28-4-2/h5-12,19-20,23-26H,3-4,13-16H2,1-2H3/t19-,20-/m1/s1. The van der Waals surface area contributed by atoms with Crippen LogP contribution in [0.4, 0.5) is 11.4 Å². The predicted octanol–water partition coefficient (Wildman–Crippen LogP) is 3.46. The Morgan fingerprint density at radius 3 is 1.45 bits per heavy atom. The maximum absolute atomic E-state index is 10.1. The Kier molecular flexibility index (Phi) is 10.5. The van der Waals surface area contributed by atoms with Crippen molar-refractivity contribution in [2.75, 3.05) is 48.4 Å². The van der Waals surface area contributed by atoms with Gasteiger partial charge in [-0.05, 0) is 62.4 Å². The molecule has 0 amide bonds. The van der Waals surface area contributed by atoms with Crippen molar-refractivity contribution in [1.82, 2.24) is 0 Å². The Bertz CT molecular complexity index is 623. The number of aliphatic hydroxyl groups is 2. The first-order valence-electron chi connectivity index (χ1n) is 9.98. The Labute approximate surface area is 177 Å². The molecule has 0 spiro atoms. The third-order valence-electron chi connectivity index (χ3n) is 4.03. The second kappa shape index (κ2) is 13.2. The predicted molar refractivity (Wildman–Crippen MR) is 122 cm³/mol. The summed E-state index contributed by atoms with van der Waals surface area (Å²) in [7, 11) is 0. The molecular weight excluding hydrogens is 388 g/mol. The normalized spacial score (nSPS) is 12.8. The third-order valence-corrected chi connectivity index (χ3v) is 5.28. The SMILES string of the molecule is CCOc1ccc(NC[C@@H](O)CSC[C@H](O)CNc2ccc(OCC)cc2)cc1. The number of rotatable bonds is 14. The van der Waals surface area contributed by atoms with Crippen LogP contribution in [0.25, 0.3) is 0 Å². The van der Waals surface area contributed by atoms with Crippen molar-refractivity contribution in [3.8, 4) is 11.5 Å². The van der Waals surface area contributed by atoms with Crippen molar-refractivity contribution in [2.45, 2.75) is 26.1 Å². The molecule has 29 heavy (non-hydrogen) atoms. The largest absolute Gasteiger partial charge is 0.494 e. The van der Waals surface area contributed by atoms with Gasteiger partial charge in [-0.25, -0.2) is 0 Å². The fourth-order valence-corrected chi connectivity index (χ4v) is 3.52. The van der Waals surface area contributed by atoms with Crippen LogP contribution in [-0.2, 0) is 0 Å². The second-order valence-electron chi connectivity index (χ2n) is 6.52. The van der Waals surface area contributed by atoms with E-state index >= 15 is 0 Å². The van der Waals surface area contributed by atoms with Crippen LogP contribution in [0.1, 0.15) is 13.8 Å². The van der Waals surface area contributed by atoms with E-state index < -0.39 is 12.2 Å². The van der Waals surface area contributed by atoms with Gasteiger partial charge in [0.05, 0.1) is 25.4 Å². The van der Waals surface area contributed by atoms with Gasteiger partial charge in [-0.1, -0.05) is 0 Å². The highest BCUT2D eigenvalue weighted by molar-refractivity contribution is 7.99. The van der Waals surface area contributed by atoms with E-state index in [1.807, 2.05) is 62.4 Å². The van der Waals surface area contributed by atoms with E-state index in [2.05, 4.69) is 10.6 Å². The Hall–Kier alpha value is -2.09. The summed E-state index contributed by atoms with van der Waals surface area (Å²) in [6.07, 6.45) is -0.976. The lowest BCUT2D eigenvalue weighted by atomic mass is 10.3. The summed E-state index contributed by atoms with van der Waals surface area (Å²) < 4.78 is 10.8. The minimum atomic E-state index is -0.488. The molecule has 2 aromatic carbocycles. The van der Waals surface area contributed by atoms with E-state index in [1.54, 1.807) is 0 Å². The van der Waals surface area contributed by atoms with Gasteiger partial charge >= 0.3 is 0 Å². The van der Waals surface area contributed by atoms with Crippen LogP contribution in [0.15, 0.2) is 48.5 Å². The minimum absolute atomic E-state index is 0.460. The van der Waals surface area contributed by atoms with Crippen LogP contribution < -0.4 is 20.1 Å². The highest BCUT2D eigenvalue weighted by Crippen LogP contribution is 2.17. The van der Waals surface area contributed by atoms with E-state index in [0.29, 0.717) is 37.8 Å². The first kappa shape index (κ1) is 23.2. The van der Waals surface area contributed by atoms with Crippen LogP contribution in [0.2, 0.25) is 0 Å². The molecule has 0 aliphatic rings. The summed E-state index contributed by atoms with van der Waals surface area (Å²) in [5.41, 5.74) is 1.88. The molecule has 0 saturated heterocycles. The maximum Gasteiger partial charge on any atom is 0.119 e. The quantitative estimate of drug-likeness (QED) is 0.372. The second-order valence-corrected chi connectivity index (χ2v) is 7.60. The van der Waals surface area contributed by atoms with Gasteiger partial charge in [0, 0.05) is 36.0 Å². The van der Waals surface area contributed by atoms with Crippen LogP contribution in [-0.4, -0.2) is 60.2 Å². The summed E-state index contributed by atoms with van der Waals surface area (Å²) in [6.45, 7) is 6.11. The fourth-order valence-electron chi connectivity index (χ4n) is 2.60. The Morgan fingerprint density at radius 1 is 0.724 bits per heavy atom. The monoisotopic (exact) mass is 420 g/mol. The third kappa shape index (κ3) is 9.30. The molecule has 0 heterocycles. The number of anilines is 2. The molecule has 160 valence electrons. The summed E-state index contributed by atoms with van der Waals surface area (Å²) in [6, 6.07) is 15.3. The fraction of sp³-hybridized carbons (Fsp3) is 0.455. The number of thioether (sulfide) groups is 1. The average Bonchev–Trinajstić information content (AvgIpc) is 2.73. The van der Waals surface area contributed by atoms with Crippen molar-refractivity contribution in [3.63, 3.8) is 0 Å². The van der Waals surface area contributed by atoms with Crippen LogP contribution in [0, 0.1) is 0 Å².